The third kappa shape index (κ3) is 1.76. The molecule has 0 bridgehead atoms. The Hall–Kier alpha value is -2.89. The van der Waals surface area contributed by atoms with Crippen LogP contribution in [0, 0.1) is 0 Å². The fourth-order valence-electron chi connectivity index (χ4n) is 2.55. The van der Waals surface area contributed by atoms with Crippen LogP contribution in [0.25, 0.3) is 21.7 Å². The molecule has 4 N–H and O–H groups in total. The number of aryl methyl sites for hydroxylation is 1. The number of nitrogens with zero attached hydrogens (tertiary/aromatic N) is 1. The summed E-state index contributed by atoms with van der Waals surface area (Å²) in [6.45, 7) is 2.13. The molecule has 0 aliphatic carbocycles. The van der Waals surface area contributed by atoms with Gasteiger partial charge in [-0.1, -0.05) is 0 Å². The molecular weight excluding hydrogens is 274 g/mol. The molecule has 0 unspecified atom stereocenters. The van der Waals surface area contributed by atoms with Gasteiger partial charge in [-0.3, -0.25) is 4.79 Å². The molecule has 3 aromatic rings. The lowest BCUT2D eigenvalue weighted by Crippen LogP contribution is -2.19. The summed E-state index contributed by atoms with van der Waals surface area (Å²) in [6.07, 6.45) is 0. The second-order valence-electron chi connectivity index (χ2n) is 4.79. The molecule has 0 amide bonds. The lowest BCUT2D eigenvalue weighted by molar-refractivity contribution is 0.404. The van der Waals surface area contributed by atoms with Crippen molar-refractivity contribution in [3.63, 3.8) is 0 Å². The minimum atomic E-state index is -0.385. The second-order valence-corrected chi connectivity index (χ2v) is 4.79. The molecule has 1 aromatic heterocycles. The molecule has 6 nitrogen and oxygen atoms in total. The Kier molecular flexibility index (Phi) is 2.69. The van der Waals surface area contributed by atoms with Crippen LogP contribution in [0.4, 0.5) is 0 Å². The van der Waals surface area contributed by atoms with Gasteiger partial charge in [0, 0.05) is 23.4 Å². The largest absolute Gasteiger partial charge is 0.504 e. The van der Waals surface area contributed by atoms with Crippen LogP contribution in [-0.4, -0.2) is 25.0 Å². The molecule has 3 rings (SSSR count). The number of fused-ring (bicyclic) bond motifs is 3. The summed E-state index contributed by atoms with van der Waals surface area (Å²) < 4.78 is 1.42. The number of benzene rings is 2. The SMILES string of the molecule is CCn1c(=O)c2cc(O)c(O)cc2c2cc(O)c(O)cc21. The highest BCUT2D eigenvalue weighted by Crippen LogP contribution is 2.36. The summed E-state index contributed by atoms with van der Waals surface area (Å²) in [7, 11) is 0. The Balaban J connectivity index is 2.67. The molecule has 0 atom stereocenters. The first-order valence-corrected chi connectivity index (χ1v) is 6.38. The molecule has 0 aliphatic rings. The minimum Gasteiger partial charge on any atom is -0.504 e. The van der Waals surface area contributed by atoms with Crippen molar-refractivity contribution in [2.45, 2.75) is 13.5 Å². The van der Waals surface area contributed by atoms with E-state index in [9.17, 15) is 25.2 Å². The summed E-state index contributed by atoms with van der Waals surface area (Å²) in [4.78, 5) is 12.5. The molecular formula is C15H13NO5. The fraction of sp³-hybridized carbons (Fsp3) is 0.133. The molecule has 1 heterocycles. The van der Waals surface area contributed by atoms with Crippen molar-refractivity contribution in [2.75, 3.05) is 0 Å². The van der Waals surface area contributed by atoms with Gasteiger partial charge in [0.25, 0.3) is 5.56 Å². The quantitative estimate of drug-likeness (QED) is 0.405. The number of rotatable bonds is 1. The van der Waals surface area contributed by atoms with Gasteiger partial charge in [0.1, 0.15) is 0 Å². The van der Waals surface area contributed by atoms with Crippen LogP contribution >= 0.6 is 0 Å². The zero-order valence-corrected chi connectivity index (χ0v) is 11.2. The van der Waals surface area contributed by atoms with Gasteiger partial charge in [-0.15, -0.1) is 0 Å². The van der Waals surface area contributed by atoms with E-state index in [0.717, 1.165) is 0 Å². The van der Waals surface area contributed by atoms with Gasteiger partial charge in [0.15, 0.2) is 23.0 Å². The molecule has 2 aromatic carbocycles. The zero-order chi connectivity index (χ0) is 15.3. The second kappa shape index (κ2) is 4.31. The van der Waals surface area contributed by atoms with Crippen molar-refractivity contribution < 1.29 is 20.4 Å². The number of aromatic nitrogens is 1. The van der Waals surface area contributed by atoms with E-state index in [1.165, 1.54) is 28.8 Å². The Bertz CT molecular complexity index is 943. The number of phenols is 4. The van der Waals surface area contributed by atoms with Crippen LogP contribution in [0.5, 0.6) is 23.0 Å². The predicted molar refractivity (Wildman–Crippen MR) is 78.0 cm³/mol. The van der Waals surface area contributed by atoms with Gasteiger partial charge in [-0.25, -0.2) is 0 Å². The van der Waals surface area contributed by atoms with E-state index < -0.39 is 0 Å². The fourth-order valence-corrected chi connectivity index (χ4v) is 2.55. The normalized spacial score (nSPS) is 11.3. The number of aromatic hydroxyl groups is 4. The zero-order valence-electron chi connectivity index (χ0n) is 11.2. The topological polar surface area (TPSA) is 103 Å². The first-order chi connectivity index (χ1) is 9.93. The van der Waals surface area contributed by atoms with E-state index in [-0.39, 0.29) is 33.9 Å². The van der Waals surface area contributed by atoms with Crippen LogP contribution in [0.1, 0.15) is 6.92 Å². The smallest absolute Gasteiger partial charge is 0.259 e. The Morgan fingerprint density at radius 1 is 0.810 bits per heavy atom. The predicted octanol–water partition coefficient (Wildman–Crippen LogP) is 2.00. The third-order valence-electron chi connectivity index (χ3n) is 3.58. The van der Waals surface area contributed by atoms with Gasteiger partial charge in [0.2, 0.25) is 0 Å². The summed E-state index contributed by atoms with van der Waals surface area (Å²) in [5, 5.41) is 39.7. The van der Waals surface area contributed by atoms with Crippen molar-refractivity contribution in [1.82, 2.24) is 4.57 Å². The minimum absolute atomic E-state index is 0.227. The summed E-state index contributed by atoms with van der Waals surface area (Å²) in [5.74, 6) is -1.39. The monoisotopic (exact) mass is 287 g/mol. The van der Waals surface area contributed by atoms with E-state index in [1.54, 1.807) is 6.92 Å². The maximum Gasteiger partial charge on any atom is 0.259 e. The number of phenolic OH excluding ortho intramolecular Hbond substituents is 4. The summed E-state index contributed by atoms with van der Waals surface area (Å²) in [5.41, 5.74) is 0.0933. The lowest BCUT2D eigenvalue weighted by atomic mass is 10.0. The average Bonchev–Trinajstić information content (AvgIpc) is 2.44. The maximum absolute atomic E-state index is 12.5. The van der Waals surface area contributed by atoms with E-state index in [0.29, 0.717) is 22.8 Å². The first kappa shape index (κ1) is 13.1. The van der Waals surface area contributed by atoms with Crippen molar-refractivity contribution in [1.29, 1.82) is 0 Å². The molecule has 0 aliphatic heterocycles. The van der Waals surface area contributed by atoms with Gasteiger partial charge < -0.3 is 25.0 Å². The Labute approximate surface area is 118 Å². The molecule has 0 saturated carbocycles. The van der Waals surface area contributed by atoms with Gasteiger partial charge >= 0.3 is 0 Å². The highest BCUT2D eigenvalue weighted by molar-refractivity contribution is 6.07. The third-order valence-corrected chi connectivity index (χ3v) is 3.58. The average molecular weight is 287 g/mol. The highest BCUT2D eigenvalue weighted by atomic mass is 16.3. The van der Waals surface area contributed by atoms with Gasteiger partial charge in [-0.2, -0.15) is 0 Å². The van der Waals surface area contributed by atoms with Gasteiger partial charge in [-0.05, 0) is 25.1 Å². The molecule has 6 heteroatoms. The van der Waals surface area contributed by atoms with Crippen LogP contribution < -0.4 is 5.56 Å². The highest BCUT2D eigenvalue weighted by Gasteiger charge is 2.15. The Morgan fingerprint density at radius 3 is 1.86 bits per heavy atom. The van der Waals surface area contributed by atoms with E-state index in [4.69, 9.17) is 0 Å². The molecule has 0 saturated heterocycles. The van der Waals surface area contributed by atoms with Crippen LogP contribution in [0.2, 0.25) is 0 Å². The number of hydrogen-bond donors (Lipinski definition) is 4. The van der Waals surface area contributed by atoms with Gasteiger partial charge in [0.05, 0.1) is 10.9 Å². The van der Waals surface area contributed by atoms with Crippen LogP contribution in [0.3, 0.4) is 0 Å². The maximum atomic E-state index is 12.5. The molecule has 0 spiro atoms. The summed E-state index contributed by atoms with van der Waals surface area (Å²) >= 11 is 0. The Morgan fingerprint density at radius 2 is 1.29 bits per heavy atom. The van der Waals surface area contributed by atoms with Crippen molar-refractivity contribution >= 4 is 21.7 Å². The van der Waals surface area contributed by atoms with Crippen molar-refractivity contribution in [2.24, 2.45) is 0 Å². The van der Waals surface area contributed by atoms with Crippen LogP contribution in [0.15, 0.2) is 29.1 Å². The molecule has 108 valence electrons. The number of pyridine rings is 1. The molecule has 0 fully saturated rings. The van der Waals surface area contributed by atoms with Crippen molar-refractivity contribution in [3.8, 4) is 23.0 Å². The summed E-state index contributed by atoms with van der Waals surface area (Å²) in [6, 6.07) is 5.10. The van der Waals surface area contributed by atoms with Crippen LogP contribution in [-0.2, 0) is 6.54 Å². The standard InChI is InChI=1S/C15H13NO5/c1-2-16-10-6-14(20)12(18)4-8(10)7-3-11(17)13(19)5-9(7)15(16)21/h3-6,17-20H,2H2,1H3. The van der Waals surface area contributed by atoms with E-state index >= 15 is 0 Å². The number of hydrogen-bond acceptors (Lipinski definition) is 5. The molecule has 21 heavy (non-hydrogen) atoms. The van der Waals surface area contributed by atoms with E-state index in [2.05, 4.69) is 0 Å². The van der Waals surface area contributed by atoms with E-state index in [1.807, 2.05) is 0 Å². The first-order valence-electron chi connectivity index (χ1n) is 6.38. The molecule has 0 radical (unpaired) electrons. The lowest BCUT2D eigenvalue weighted by Gasteiger charge is -2.13. The van der Waals surface area contributed by atoms with Crippen molar-refractivity contribution in [3.05, 3.63) is 34.6 Å².